The molecule has 1 aliphatic heterocycles. The molecule has 0 atom stereocenters. The summed E-state index contributed by atoms with van der Waals surface area (Å²) in [6.45, 7) is 8.59. The molecule has 3 rings (SSSR count). The molecule has 1 aromatic heterocycles. The highest BCUT2D eigenvalue weighted by Crippen LogP contribution is 2.13. The third-order valence-corrected chi connectivity index (χ3v) is 6.04. The number of rotatable bonds is 13. The number of carbonyl (C=O) groups is 2. The molecule has 0 aliphatic carbocycles. The van der Waals surface area contributed by atoms with Gasteiger partial charge in [-0.3, -0.25) is 14.5 Å². The van der Waals surface area contributed by atoms with Crippen LogP contribution in [0.25, 0.3) is 0 Å². The largest absolute Gasteiger partial charge is 0.379 e. The number of unbranched alkanes of at least 4 members (excludes halogenated alkanes) is 3. The molecule has 0 unspecified atom stereocenters. The van der Waals surface area contributed by atoms with Gasteiger partial charge in [0, 0.05) is 37.8 Å². The molecule has 0 saturated carbocycles. The van der Waals surface area contributed by atoms with E-state index in [1.807, 2.05) is 24.3 Å². The zero-order chi connectivity index (χ0) is 24.2. The zero-order valence-corrected chi connectivity index (χ0v) is 20.6. The van der Waals surface area contributed by atoms with Gasteiger partial charge in [0.15, 0.2) is 5.82 Å². The minimum absolute atomic E-state index is 0.0351. The second kappa shape index (κ2) is 13.9. The standard InChI is InChI=1S/C26H38N4O4/c1-3-4-5-6-8-22-9-11-23(12-10-22)26(32)30(14-7-13-29-15-17-33-18-16-29)20-25(31)27-24-19-21(2)34-28-24/h9-12,19H,3-8,13-18,20H2,1-2H3,(H,27,28,31). The Morgan fingerprint density at radius 1 is 1.09 bits per heavy atom. The van der Waals surface area contributed by atoms with Crippen molar-refractivity contribution in [2.45, 2.75) is 52.4 Å². The highest BCUT2D eigenvalue weighted by Gasteiger charge is 2.20. The zero-order valence-electron chi connectivity index (χ0n) is 20.6. The highest BCUT2D eigenvalue weighted by molar-refractivity contribution is 5.99. The fourth-order valence-electron chi connectivity index (χ4n) is 4.10. The molecular formula is C26H38N4O4. The summed E-state index contributed by atoms with van der Waals surface area (Å²) in [7, 11) is 0. The highest BCUT2D eigenvalue weighted by atomic mass is 16.5. The van der Waals surface area contributed by atoms with Crippen molar-refractivity contribution in [1.29, 1.82) is 0 Å². The minimum atomic E-state index is -0.291. The number of amides is 2. The van der Waals surface area contributed by atoms with Crippen LogP contribution in [0, 0.1) is 6.92 Å². The Balaban J connectivity index is 1.59. The van der Waals surface area contributed by atoms with Crippen molar-refractivity contribution in [1.82, 2.24) is 15.0 Å². The molecule has 1 saturated heterocycles. The van der Waals surface area contributed by atoms with E-state index in [4.69, 9.17) is 9.26 Å². The Kier molecular flexibility index (Phi) is 10.6. The Morgan fingerprint density at radius 2 is 1.85 bits per heavy atom. The van der Waals surface area contributed by atoms with Crippen molar-refractivity contribution < 1.29 is 18.8 Å². The Labute approximate surface area is 202 Å². The second-order valence-corrected chi connectivity index (χ2v) is 8.91. The van der Waals surface area contributed by atoms with E-state index in [-0.39, 0.29) is 18.4 Å². The average molecular weight is 471 g/mol. The lowest BCUT2D eigenvalue weighted by molar-refractivity contribution is -0.117. The van der Waals surface area contributed by atoms with Crippen LogP contribution in [-0.2, 0) is 16.0 Å². The predicted molar refractivity (Wildman–Crippen MR) is 132 cm³/mol. The molecule has 0 radical (unpaired) electrons. The summed E-state index contributed by atoms with van der Waals surface area (Å²) in [4.78, 5) is 29.9. The van der Waals surface area contributed by atoms with Crippen LogP contribution in [0.2, 0.25) is 0 Å². The number of morpholine rings is 1. The normalized spacial score (nSPS) is 14.2. The predicted octanol–water partition coefficient (Wildman–Crippen LogP) is 3.91. The van der Waals surface area contributed by atoms with Gasteiger partial charge in [0.25, 0.3) is 5.91 Å². The van der Waals surface area contributed by atoms with Crippen molar-refractivity contribution >= 4 is 17.6 Å². The van der Waals surface area contributed by atoms with Gasteiger partial charge in [-0.1, -0.05) is 43.5 Å². The van der Waals surface area contributed by atoms with Crippen LogP contribution in [-0.4, -0.2) is 72.7 Å². The van der Waals surface area contributed by atoms with Crippen molar-refractivity contribution in [2.75, 3.05) is 51.3 Å². The summed E-state index contributed by atoms with van der Waals surface area (Å²) < 4.78 is 10.4. The molecule has 1 aliphatic rings. The number of nitrogens with one attached hydrogen (secondary N) is 1. The lowest BCUT2D eigenvalue weighted by Gasteiger charge is -2.28. The van der Waals surface area contributed by atoms with Gasteiger partial charge < -0.3 is 19.5 Å². The van der Waals surface area contributed by atoms with E-state index in [2.05, 4.69) is 22.3 Å². The van der Waals surface area contributed by atoms with E-state index >= 15 is 0 Å². The molecule has 1 fully saturated rings. The second-order valence-electron chi connectivity index (χ2n) is 8.91. The summed E-state index contributed by atoms with van der Waals surface area (Å²) in [6.07, 6.45) is 6.68. The summed E-state index contributed by atoms with van der Waals surface area (Å²) in [5, 5.41) is 6.52. The SMILES string of the molecule is CCCCCCc1ccc(C(=O)N(CCCN2CCOCC2)CC(=O)Nc2cc(C)on2)cc1. The van der Waals surface area contributed by atoms with Crippen LogP contribution in [0.5, 0.6) is 0 Å². The lowest BCUT2D eigenvalue weighted by Crippen LogP contribution is -2.41. The quantitative estimate of drug-likeness (QED) is 0.447. The maximum Gasteiger partial charge on any atom is 0.254 e. The molecular weight excluding hydrogens is 432 g/mol. The number of carbonyl (C=O) groups excluding carboxylic acids is 2. The van der Waals surface area contributed by atoms with E-state index in [0.717, 1.165) is 52.1 Å². The minimum Gasteiger partial charge on any atom is -0.379 e. The first kappa shape index (κ1) is 25.9. The maximum absolute atomic E-state index is 13.3. The van der Waals surface area contributed by atoms with Gasteiger partial charge >= 0.3 is 0 Å². The van der Waals surface area contributed by atoms with Crippen LogP contribution in [0.3, 0.4) is 0 Å². The van der Waals surface area contributed by atoms with E-state index < -0.39 is 0 Å². The smallest absolute Gasteiger partial charge is 0.254 e. The van der Waals surface area contributed by atoms with Crippen molar-refractivity contribution in [3.8, 4) is 0 Å². The first-order chi connectivity index (χ1) is 16.5. The van der Waals surface area contributed by atoms with E-state index in [1.165, 1.54) is 24.8 Å². The summed E-state index contributed by atoms with van der Waals surface area (Å²) in [6, 6.07) is 9.48. The first-order valence-electron chi connectivity index (χ1n) is 12.5. The molecule has 8 heteroatoms. The Bertz CT molecular complexity index is 890. The van der Waals surface area contributed by atoms with Crippen molar-refractivity contribution in [3.63, 3.8) is 0 Å². The molecule has 2 heterocycles. The molecule has 34 heavy (non-hydrogen) atoms. The summed E-state index contributed by atoms with van der Waals surface area (Å²) in [5.74, 6) is 0.547. The van der Waals surface area contributed by atoms with Crippen LogP contribution in [0.15, 0.2) is 34.9 Å². The van der Waals surface area contributed by atoms with Gasteiger partial charge in [-0.05, 0) is 43.9 Å². The van der Waals surface area contributed by atoms with Gasteiger partial charge in [0.05, 0.1) is 13.2 Å². The number of anilines is 1. The number of nitrogens with zero attached hydrogens (tertiary/aromatic N) is 3. The molecule has 2 amide bonds. The molecule has 2 aromatic rings. The molecule has 1 aromatic carbocycles. The third kappa shape index (κ3) is 8.57. The van der Waals surface area contributed by atoms with Crippen molar-refractivity contribution in [3.05, 3.63) is 47.2 Å². The Hall–Kier alpha value is -2.71. The fourth-order valence-corrected chi connectivity index (χ4v) is 4.10. The number of aryl methyl sites for hydroxylation is 2. The van der Waals surface area contributed by atoms with E-state index in [0.29, 0.717) is 23.7 Å². The number of benzene rings is 1. The van der Waals surface area contributed by atoms with Gasteiger partial charge in [0.1, 0.15) is 12.3 Å². The monoisotopic (exact) mass is 470 g/mol. The fraction of sp³-hybridized carbons (Fsp3) is 0.577. The van der Waals surface area contributed by atoms with Crippen LogP contribution in [0.1, 0.15) is 60.7 Å². The lowest BCUT2D eigenvalue weighted by atomic mass is 10.0. The molecule has 8 nitrogen and oxygen atoms in total. The van der Waals surface area contributed by atoms with E-state index in [9.17, 15) is 9.59 Å². The van der Waals surface area contributed by atoms with Crippen molar-refractivity contribution in [2.24, 2.45) is 0 Å². The van der Waals surface area contributed by atoms with Crippen LogP contribution < -0.4 is 5.32 Å². The maximum atomic E-state index is 13.3. The molecule has 0 bridgehead atoms. The number of ether oxygens (including phenoxy) is 1. The van der Waals surface area contributed by atoms with Crippen LogP contribution >= 0.6 is 0 Å². The van der Waals surface area contributed by atoms with Gasteiger partial charge in [-0.15, -0.1) is 0 Å². The van der Waals surface area contributed by atoms with E-state index in [1.54, 1.807) is 17.9 Å². The van der Waals surface area contributed by atoms with Gasteiger partial charge in [-0.2, -0.15) is 0 Å². The summed E-state index contributed by atoms with van der Waals surface area (Å²) in [5.41, 5.74) is 1.85. The Morgan fingerprint density at radius 3 is 2.53 bits per heavy atom. The average Bonchev–Trinajstić information content (AvgIpc) is 3.26. The molecule has 186 valence electrons. The first-order valence-corrected chi connectivity index (χ1v) is 12.5. The molecule has 0 spiro atoms. The van der Waals surface area contributed by atoms with Gasteiger partial charge in [-0.25, -0.2) is 0 Å². The number of hydrogen-bond donors (Lipinski definition) is 1. The molecule has 1 N–H and O–H groups in total. The van der Waals surface area contributed by atoms with Gasteiger partial charge in [0.2, 0.25) is 5.91 Å². The summed E-state index contributed by atoms with van der Waals surface area (Å²) >= 11 is 0. The van der Waals surface area contributed by atoms with Crippen LogP contribution in [0.4, 0.5) is 5.82 Å². The third-order valence-electron chi connectivity index (χ3n) is 6.04. The number of aromatic nitrogens is 1. The number of hydrogen-bond acceptors (Lipinski definition) is 6. The topological polar surface area (TPSA) is 87.9 Å².